The van der Waals surface area contributed by atoms with Gasteiger partial charge in [-0.15, -0.1) is 11.3 Å². The van der Waals surface area contributed by atoms with Crippen molar-refractivity contribution in [2.45, 2.75) is 111 Å². The van der Waals surface area contributed by atoms with Gasteiger partial charge in [-0.3, -0.25) is 24.1 Å². The van der Waals surface area contributed by atoms with Gasteiger partial charge in [0.1, 0.15) is 23.9 Å². The highest BCUT2D eigenvalue weighted by Gasteiger charge is 2.64. The lowest BCUT2D eigenvalue weighted by Gasteiger charge is -2.63. The lowest BCUT2D eigenvalue weighted by Crippen LogP contribution is -2.74. The summed E-state index contributed by atoms with van der Waals surface area (Å²) in [6.07, 6.45) is -6.06. The van der Waals surface area contributed by atoms with E-state index in [1.807, 2.05) is 97.3 Å². The normalized spacial score (nSPS) is 22.8. The van der Waals surface area contributed by atoms with E-state index >= 15 is 0 Å². The molecule has 0 unspecified atom stereocenters. The molecule has 4 amide bonds. The molecule has 3 aromatic carbocycles. The second-order valence-electron chi connectivity index (χ2n) is 23.5. The van der Waals surface area contributed by atoms with Crippen molar-refractivity contribution in [3.05, 3.63) is 100 Å². The first-order valence-corrected chi connectivity index (χ1v) is 27.1. The number of nitrogens with one attached hydrogen (secondary N) is 4. The summed E-state index contributed by atoms with van der Waals surface area (Å²) in [7, 11) is 0. The Morgan fingerprint density at radius 1 is 0.948 bits per heavy atom. The van der Waals surface area contributed by atoms with E-state index in [0.717, 1.165) is 72.2 Å². The number of carbonyl (C=O) groups is 4. The van der Waals surface area contributed by atoms with Gasteiger partial charge in [-0.1, -0.05) is 65.8 Å². The van der Waals surface area contributed by atoms with Crippen LogP contribution >= 0.6 is 11.3 Å². The van der Waals surface area contributed by atoms with Crippen molar-refractivity contribution in [2.24, 2.45) is 21.7 Å². The average Bonchev–Trinajstić information content (AvgIpc) is 4.02. The number of β-amino-alcohol motifs (C(OH)–C–C–N with tert-alkyl or cyclic N) is 1. The molecule has 20 heteroatoms. The predicted octanol–water partition coefficient (Wildman–Crippen LogP) is 7.04. The number of rotatable bonds is 18. The first-order chi connectivity index (χ1) is 36.2. The molecule has 4 heterocycles. The maximum Gasteiger partial charge on any atom is 0.417 e. The standard InChI is InChI=1S/C57H72F3N9O7S/c1-34(37-10-12-38(13-11-37)46-35(2)63-33-77-46)64-49(73)45-24-42(71)27-69(45)50(74)47(65-36(3)70)53(4,5)29-67-20-22-68(23-21-67)30-56(31-75-32-56)28-62-41-17-14-39(15-18-41)48(72)66-51-54(6,7)52(55(51,8)9)76-43-19-16-40(26-61)44(25-43)57(58,59)60/h10-19,25,33-34,42,45,47,51-52,62,71H,20-24,27-32H2,1-9H3,(H,64,73)(H,65,70)(H,66,72)/t34-,42+,45-,47+,51?,52?/m0/s1. The number of amides is 4. The van der Waals surface area contributed by atoms with E-state index in [1.54, 1.807) is 29.5 Å². The molecule has 0 radical (unpaired) electrons. The molecule has 1 aromatic heterocycles. The lowest BCUT2D eigenvalue weighted by molar-refractivity contribution is -0.164. The smallest absolute Gasteiger partial charge is 0.417 e. The Bertz CT molecular complexity index is 2820. The van der Waals surface area contributed by atoms with Crippen LogP contribution in [0.2, 0.25) is 0 Å². The third kappa shape index (κ3) is 12.4. The fourth-order valence-electron chi connectivity index (χ4n) is 12.2. The van der Waals surface area contributed by atoms with E-state index in [4.69, 9.17) is 9.47 Å². The lowest BCUT2D eigenvalue weighted by atomic mass is 9.49. The second kappa shape index (κ2) is 22.3. The van der Waals surface area contributed by atoms with Gasteiger partial charge in [0.05, 0.1) is 58.6 Å². The number of aliphatic hydroxyl groups is 1. The van der Waals surface area contributed by atoms with E-state index in [9.17, 15) is 42.7 Å². The third-order valence-electron chi connectivity index (χ3n) is 16.1. The van der Waals surface area contributed by atoms with Crippen LogP contribution in [0.3, 0.4) is 0 Å². The van der Waals surface area contributed by atoms with E-state index in [-0.39, 0.29) is 53.9 Å². The number of alkyl halides is 3. The molecule has 0 bridgehead atoms. The number of nitriles is 1. The summed E-state index contributed by atoms with van der Waals surface area (Å²) in [5.41, 5.74) is 2.29. The molecule has 1 saturated carbocycles. The van der Waals surface area contributed by atoms with Gasteiger partial charge in [0.25, 0.3) is 5.91 Å². The number of aliphatic hydroxyl groups excluding tert-OH is 1. The highest BCUT2D eigenvalue weighted by Crippen LogP contribution is 2.56. The highest BCUT2D eigenvalue weighted by molar-refractivity contribution is 7.13. The number of halogens is 3. The summed E-state index contributed by atoms with van der Waals surface area (Å²) < 4.78 is 53.0. The van der Waals surface area contributed by atoms with Crippen LogP contribution in [0.1, 0.15) is 101 Å². The zero-order chi connectivity index (χ0) is 55.8. The quantitative estimate of drug-likeness (QED) is 0.0682. The van der Waals surface area contributed by atoms with Gasteiger partial charge < -0.3 is 45.6 Å². The van der Waals surface area contributed by atoms with E-state index in [2.05, 4.69) is 36.1 Å². The predicted molar refractivity (Wildman–Crippen MR) is 287 cm³/mol. The molecule has 8 rings (SSSR count). The molecule has 4 aliphatic rings. The first kappa shape index (κ1) is 57.1. The van der Waals surface area contributed by atoms with Crippen LogP contribution in [0.5, 0.6) is 5.75 Å². The number of likely N-dealkylation sites (tertiary alicyclic amines) is 1. The molecule has 5 N–H and O–H groups in total. The Kier molecular flexibility index (Phi) is 16.5. The van der Waals surface area contributed by atoms with Crippen LogP contribution in [0.25, 0.3) is 10.4 Å². The number of aromatic nitrogens is 1. The molecule has 4 fully saturated rings. The van der Waals surface area contributed by atoms with Crippen molar-refractivity contribution in [1.29, 1.82) is 5.26 Å². The first-order valence-electron chi connectivity index (χ1n) is 26.2. The Labute approximate surface area is 453 Å². The number of benzene rings is 3. The fourth-order valence-corrected chi connectivity index (χ4v) is 13.0. The molecule has 4 atom stereocenters. The number of hydrogen-bond acceptors (Lipinski definition) is 13. The Morgan fingerprint density at radius 3 is 2.17 bits per heavy atom. The fraction of sp³-hybridized carbons (Fsp3) is 0.544. The van der Waals surface area contributed by atoms with Crippen LogP contribution in [0.4, 0.5) is 18.9 Å². The molecule has 414 valence electrons. The maximum atomic E-state index is 14.5. The van der Waals surface area contributed by atoms with Crippen LogP contribution < -0.4 is 26.0 Å². The largest absolute Gasteiger partial charge is 0.489 e. The van der Waals surface area contributed by atoms with Gasteiger partial charge in [-0.05, 0) is 67.4 Å². The van der Waals surface area contributed by atoms with E-state index in [0.29, 0.717) is 31.9 Å². The van der Waals surface area contributed by atoms with Crippen molar-refractivity contribution in [1.82, 2.24) is 35.6 Å². The van der Waals surface area contributed by atoms with Crippen LogP contribution in [-0.2, 0) is 25.3 Å². The molecule has 16 nitrogen and oxygen atoms in total. The molecular formula is C57H72F3N9O7S. The van der Waals surface area contributed by atoms with Crippen LogP contribution in [-0.4, -0.2) is 144 Å². The number of ether oxygens (including phenoxy) is 2. The molecule has 4 aromatic rings. The number of hydrogen-bond donors (Lipinski definition) is 5. The minimum Gasteiger partial charge on any atom is -0.489 e. The van der Waals surface area contributed by atoms with Gasteiger partial charge >= 0.3 is 6.18 Å². The monoisotopic (exact) mass is 1080 g/mol. The van der Waals surface area contributed by atoms with Gasteiger partial charge in [0, 0.05) is 105 Å². The van der Waals surface area contributed by atoms with Gasteiger partial charge in [0.2, 0.25) is 17.7 Å². The van der Waals surface area contributed by atoms with E-state index < -0.39 is 63.7 Å². The summed E-state index contributed by atoms with van der Waals surface area (Å²) in [5, 5.41) is 32.7. The molecule has 0 spiro atoms. The van der Waals surface area contributed by atoms with Crippen molar-refractivity contribution < 1.29 is 46.9 Å². The van der Waals surface area contributed by atoms with Crippen molar-refractivity contribution >= 4 is 40.7 Å². The minimum absolute atomic E-state index is 0.00120. The number of aryl methyl sites for hydroxylation is 1. The molecule has 1 aliphatic carbocycles. The Hall–Kier alpha value is -6.11. The van der Waals surface area contributed by atoms with Crippen LogP contribution in [0.15, 0.2) is 72.2 Å². The van der Waals surface area contributed by atoms with Gasteiger partial charge in [0.15, 0.2) is 0 Å². The summed E-state index contributed by atoms with van der Waals surface area (Å²) in [6, 6.07) is 17.5. The summed E-state index contributed by atoms with van der Waals surface area (Å²) in [6.45, 7) is 22.9. The second-order valence-corrected chi connectivity index (χ2v) is 24.3. The summed E-state index contributed by atoms with van der Waals surface area (Å²) in [4.78, 5) is 66.3. The molecular weight excluding hydrogens is 1010 g/mol. The highest BCUT2D eigenvalue weighted by atomic mass is 32.1. The summed E-state index contributed by atoms with van der Waals surface area (Å²) >= 11 is 1.57. The van der Waals surface area contributed by atoms with Gasteiger partial charge in [-0.2, -0.15) is 18.4 Å². The van der Waals surface area contributed by atoms with Crippen molar-refractivity contribution in [2.75, 3.05) is 70.9 Å². The number of carbonyl (C=O) groups excluding carboxylic acids is 4. The Balaban J connectivity index is 0.810. The van der Waals surface area contributed by atoms with Gasteiger partial charge in [-0.25, -0.2) is 4.98 Å². The Morgan fingerprint density at radius 2 is 1.60 bits per heavy atom. The number of piperazine rings is 1. The average molecular weight is 1080 g/mol. The van der Waals surface area contributed by atoms with Crippen molar-refractivity contribution in [3.8, 4) is 22.3 Å². The zero-order valence-corrected chi connectivity index (χ0v) is 46.2. The van der Waals surface area contributed by atoms with Crippen LogP contribution in [0, 0.1) is 39.9 Å². The van der Waals surface area contributed by atoms with E-state index in [1.165, 1.54) is 17.9 Å². The third-order valence-corrected chi connectivity index (χ3v) is 17.1. The maximum absolute atomic E-state index is 14.5. The topological polar surface area (TPSA) is 201 Å². The number of thiazole rings is 1. The molecule has 3 saturated heterocycles. The number of nitrogens with zero attached hydrogens (tertiary/aromatic N) is 5. The zero-order valence-electron chi connectivity index (χ0n) is 45.3. The molecule has 77 heavy (non-hydrogen) atoms. The minimum atomic E-state index is -4.72. The summed E-state index contributed by atoms with van der Waals surface area (Å²) in [5.74, 6) is -1.42. The molecule has 3 aliphatic heterocycles. The SMILES string of the molecule is CC(=O)N[C@H](C(=O)N1C[C@H](O)C[C@H]1C(=O)N[C@@H](C)c1ccc(-c2scnc2C)cc1)C(C)(C)CN1CCN(CC2(CNc3ccc(C(=O)NC4C(C)(C)C(Oc5ccc(C#N)c(C(F)(F)F)c5)C4(C)C)cc3)COC2)CC1. The van der Waals surface area contributed by atoms with Crippen molar-refractivity contribution in [3.63, 3.8) is 0 Å². The number of anilines is 1.